The number of hydrogen-bond acceptors (Lipinski definition) is 3. The largest absolute Gasteiger partial charge is 0.380 e. The summed E-state index contributed by atoms with van der Waals surface area (Å²) in [5.41, 5.74) is 5.86. The number of nitrogens with two attached hydrogens (primary N) is 1. The van der Waals surface area contributed by atoms with E-state index in [1.165, 1.54) is 0 Å². The third kappa shape index (κ3) is 4.18. The van der Waals surface area contributed by atoms with Gasteiger partial charge in [-0.3, -0.25) is 4.79 Å². The summed E-state index contributed by atoms with van der Waals surface area (Å²) in [5.74, 6) is 0.0447. The first-order valence-electron chi connectivity index (χ1n) is 5.64. The van der Waals surface area contributed by atoms with Gasteiger partial charge in [0.2, 0.25) is 5.91 Å². The van der Waals surface area contributed by atoms with E-state index in [1.54, 1.807) is 7.11 Å². The average molecular weight is 214 g/mol. The minimum Gasteiger partial charge on any atom is -0.380 e. The molecule has 1 aliphatic rings. The second-order valence-electron chi connectivity index (χ2n) is 4.60. The van der Waals surface area contributed by atoms with Crippen molar-refractivity contribution >= 4 is 5.91 Å². The molecule has 0 spiro atoms. The van der Waals surface area contributed by atoms with Gasteiger partial charge in [-0.1, -0.05) is 12.8 Å². The van der Waals surface area contributed by atoms with Crippen molar-refractivity contribution in [1.82, 2.24) is 5.32 Å². The Kier molecular flexibility index (Phi) is 4.54. The van der Waals surface area contributed by atoms with Crippen LogP contribution < -0.4 is 11.1 Å². The maximum Gasteiger partial charge on any atom is 0.221 e. The van der Waals surface area contributed by atoms with E-state index in [1.807, 2.05) is 6.92 Å². The van der Waals surface area contributed by atoms with Crippen LogP contribution in [0.1, 0.15) is 39.0 Å². The molecule has 0 aromatic heterocycles. The third-order valence-electron chi connectivity index (χ3n) is 3.10. The van der Waals surface area contributed by atoms with E-state index < -0.39 is 0 Å². The Labute approximate surface area is 91.5 Å². The van der Waals surface area contributed by atoms with E-state index in [9.17, 15) is 4.79 Å². The molecule has 0 aromatic rings. The minimum atomic E-state index is -0.250. The van der Waals surface area contributed by atoms with Gasteiger partial charge in [-0.15, -0.1) is 0 Å². The predicted molar refractivity (Wildman–Crippen MR) is 59.5 cm³/mol. The van der Waals surface area contributed by atoms with E-state index >= 15 is 0 Å². The summed E-state index contributed by atoms with van der Waals surface area (Å²) in [6, 6.07) is 0. The van der Waals surface area contributed by atoms with Crippen molar-refractivity contribution in [3.8, 4) is 0 Å². The number of carbonyl (C=O) groups excluding carboxylic acids is 1. The van der Waals surface area contributed by atoms with Gasteiger partial charge in [-0.2, -0.15) is 0 Å². The number of hydrogen-bond donors (Lipinski definition) is 2. The van der Waals surface area contributed by atoms with Crippen LogP contribution in [0, 0.1) is 0 Å². The van der Waals surface area contributed by atoms with E-state index in [0.717, 1.165) is 25.7 Å². The monoisotopic (exact) mass is 214 g/mol. The molecule has 0 bridgehead atoms. The van der Waals surface area contributed by atoms with Gasteiger partial charge in [0.15, 0.2) is 0 Å². The van der Waals surface area contributed by atoms with Crippen LogP contribution >= 0.6 is 0 Å². The summed E-state index contributed by atoms with van der Waals surface area (Å²) in [6.45, 7) is 2.49. The van der Waals surface area contributed by atoms with E-state index in [4.69, 9.17) is 10.5 Å². The molecule has 4 heteroatoms. The lowest BCUT2D eigenvalue weighted by molar-refractivity contribution is -0.122. The van der Waals surface area contributed by atoms with Crippen molar-refractivity contribution in [3.63, 3.8) is 0 Å². The summed E-state index contributed by atoms with van der Waals surface area (Å²) in [4.78, 5) is 11.6. The summed E-state index contributed by atoms with van der Waals surface area (Å²) in [7, 11) is 1.64. The lowest BCUT2D eigenvalue weighted by atomic mass is 9.94. The second kappa shape index (κ2) is 5.47. The number of nitrogens with one attached hydrogen (secondary N) is 1. The zero-order valence-corrected chi connectivity index (χ0v) is 9.71. The molecule has 1 amide bonds. The first-order valence-corrected chi connectivity index (χ1v) is 5.64. The van der Waals surface area contributed by atoms with Crippen molar-refractivity contribution in [2.75, 3.05) is 13.7 Å². The smallest absolute Gasteiger partial charge is 0.221 e. The standard InChI is InChI=1S/C11H22N2O2/c1-9(15-2)8-13-10(14)7-11(12)5-3-4-6-11/h9H,3-8,12H2,1-2H3,(H,13,14). The summed E-state index contributed by atoms with van der Waals surface area (Å²) in [6.07, 6.45) is 4.76. The van der Waals surface area contributed by atoms with Crippen molar-refractivity contribution in [2.45, 2.75) is 50.7 Å². The van der Waals surface area contributed by atoms with Gasteiger partial charge in [0.05, 0.1) is 6.10 Å². The maximum atomic E-state index is 11.6. The zero-order valence-electron chi connectivity index (χ0n) is 9.71. The quantitative estimate of drug-likeness (QED) is 0.711. The minimum absolute atomic E-state index is 0.0447. The van der Waals surface area contributed by atoms with E-state index in [0.29, 0.717) is 13.0 Å². The normalized spacial score (nSPS) is 21.3. The lowest BCUT2D eigenvalue weighted by Crippen LogP contribution is -2.43. The van der Waals surface area contributed by atoms with Crippen molar-refractivity contribution in [2.24, 2.45) is 5.73 Å². The molecule has 15 heavy (non-hydrogen) atoms. The number of rotatable bonds is 5. The van der Waals surface area contributed by atoms with Crippen LogP contribution in [0.5, 0.6) is 0 Å². The lowest BCUT2D eigenvalue weighted by Gasteiger charge is -2.23. The molecule has 4 nitrogen and oxygen atoms in total. The van der Waals surface area contributed by atoms with Gasteiger partial charge < -0.3 is 15.8 Å². The van der Waals surface area contributed by atoms with Crippen molar-refractivity contribution in [1.29, 1.82) is 0 Å². The van der Waals surface area contributed by atoms with Crippen molar-refractivity contribution in [3.05, 3.63) is 0 Å². The van der Waals surface area contributed by atoms with Gasteiger partial charge in [0.1, 0.15) is 0 Å². The molecule has 1 aliphatic carbocycles. The van der Waals surface area contributed by atoms with Gasteiger partial charge in [-0.25, -0.2) is 0 Å². The number of carbonyl (C=O) groups is 1. The highest BCUT2D eigenvalue weighted by molar-refractivity contribution is 5.77. The predicted octanol–water partition coefficient (Wildman–Crippen LogP) is 0.799. The Balaban J connectivity index is 2.23. The number of amides is 1. The zero-order chi connectivity index (χ0) is 11.3. The topological polar surface area (TPSA) is 64.3 Å². The molecule has 3 N–H and O–H groups in total. The molecule has 0 saturated heterocycles. The molecule has 0 radical (unpaired) electrons. The second-order valence-corrected chi connectivity index (χ2v) is 4.60. The summed E-state index contributed by atoms with van der Waals surface area (Å²) in [5, 5.41) is 2.84. The van der Waals surface area contributed by atoms with E-state index in [2.05, 4.69) is 5.32 Å². The van der Waals surface area contributed by atoms with Crippen molar-refractivity contribution < 1.29 is 9.53 Å². The number of ether oxygens (including phenoxy) is 1. The molecule has 1 atom stereocenters. The van der Waals surface area contributed by atoms with Crippen LogP contribution in [0.25, 0.3) is 0 Å². The molecule has 88 valence electrons. The van der Waals surface area contributed by atoms with Crippen LogP contribution in [0.2, 0.25) is 0 Å². The Hall–Kier alpha value is -0.610. The van der Waals surface area contributed by atoms with Gasteiger partial charge in [-0.05, 0) is 19.8 Å². The third-order valence-corrected chi connectivity index (χ3v) is 3.10. The molecular formula is C11H22N2O2. The van der Waals surface area contributed by atoms with Crippen LogP contribution in [-0.2, 0) is 9.53 Å². The van der Waals surface area contributed by atoms with Crippen LogP contribution in [0.4, 0.5) is 0 Å². The maximum absolute atomic E-state index is 11.6. The summed E-state index contributed by atoms with van der Waals surface area (Å²) < 4.78 is 5.05. The summed E-state index contributed by atoms with van der Waals surface area (Å²) >= 11 is 0. The highest BCUT2D eigenvalue weighted by atomic mass is 16.5. The molecule has 1 saturated carbocycles. The van der Waals surface area contributed by atoms with Gasteiger partial charge in [0, 0.05) is 25.6 Å². The fourth-order valence-corrected chi connectivity index (χ4v) is 1.98. The molecule has 1 unspecified atom stereocenters. The molecule has 0 aromatic carbocycles. The van der Waals surface area contributed by atoms with Gasteiger partial charge >= 0.3 is 0 Å². The highest BCUT2D eigenvalue weighted by Crippen LogP contribution is 2.29. The average Bonchev–Trinajstić information content (AvgIpc) is 2.61. The first kappa shape index (κ1) is 12.5. The van der Waals surface area contributed by atoms with Crippen LogP contribution in [0.15, 0.2) is 0 Å². The Bertz CT molecular complexity index is 213. The molecule has 0 aliphatic heterocycles. The Morgan fingerprint density at radius 1 is 1.53 bits per heavy atom. The molecular weight excluding hydrogens is 192 g/mol. The van der Waals surface area contributed by atoms with Crippen LogP contribution in [-0.4, -0.2) is 31.2 Å². The Morgan fingerprint density at radius 3 is 2.67 bits per heavy atom. The number of methoxy groups -OCH3 is 1. The Morgan fingerprint density at radius 2 is 2.13 bits per heavy atom. The first-order chi connectivity index (χ1) is 7.06. The molecule has 1 fully saturated rings. The molecule has 1 rings (SSSR count). The van der Waals surface area contributed by atoms with E-state index in [-0.39, 0.29) is 17.6 Å². The fraction of sp³-hybridized carbons (Fsp3) is 0.909. The molecule has 0 heterocycles. The van der Waals surface area contributed by atoms with Crippen LogP contribution in [0.3, 0.4) is 0 Å². The SMILES string of the molecule is COC(C)CNC(=O)CC1(N)CCCC1. The highest BCUT2D eigenvalue weighted by Gasteiger charge is 2.31. The fourth-order valence-electron chi connectivity index (χ4n) is 1.98. The van der Waals surface area contributed by atoms with Gasteiger partial charge in [0.25, 0.3) is 0 Å².